The Kier molecular flexibility index (Phi) is 4.11. The minimum absolute atomic E-state index is 0.0976. The van der Waals surface area contributed by atoms with Crippen molar-refractivity contribution in [3.8, 4) is 11.1 Å². The van der Waals surface area contributed by atoms with Gasteiger partial charge in [-0.1, -0.05) is 35.9 Å². The highest BCUT2D eigenvalue weighted by Gasteiger charge is 2.12. The van der Waals surface area contributed by atoms with Gasteiger partial charge in [-0.3, -0.25) is 9.36 Å². The van der Waals surface area contributed by atoms with Crippen LogP contribution in [0.3, 0.4) is 0 Å². The molecule has 0 radical (unpaired) electrons. The highest BCUT2D eigenvalue weighted by Crippen LogP contribution is 2.31. The van der Waals surface area contributed by atoms with Crippen LogP contribution in [0.2, 0.25) is 5.02 Å². The Labute approximate surface area is 152 Å². The second kappa shape index (κ2) is 6.43. The van der Waals surface area contributed by atoms with E-state index in [1.54, 1.807) is 18.5 Å². The number of aromatic nitrogens is 2. The van der Waals surface area contributed by atoms with Crippen LogP contribution in [0.5, 0.6) is 0 Å². The van der Waals surface area contributed by atoms with Crippen LogP contribution >= 0.6 is 22.9 Å². The molecular formula is C19H12ClFN2OS. The van der Waals surface area contributed by atoms with Crippen molar-refractivity contribution in [3.63, 3.8) is 0 Å². The lowest BCUT2D eigenvalue weighted by molar-refractivity contribution is 0.626. The molecule has 0 N–H and O–H groups in total. The average molecular weight is 371 g/mol. The maximum absolute atomic E-state index is 13.0. The summed E-state index contributed by atoms with van der Waals surface area (Å²) in [5.41, 5.74) is 3.33. The monoisotopic (exact) mass is 370 g/mol. The van der Waals surface area contributed by atoms with E-state index in [-0.39, 0.29) is 11.4 Å². The third-order valence-corrected chi connectivity index (χ3v) is 5.18. The molecule has 3 nitrogen and oxygen atoms in total. The van der Waals surface area contributed by atoms with Crippen molar-refractivity contribution in [1.82, 2.24) is 9.55 Å². The van der Waals surface area contributed by atoms with Gasteiger partial charge in [0.15, 0.2) is 0 Å². The van der Waals surface area contributed by atoms with Gasteiger partial charge in [0, 0.05) is 16.0 Å². The minimum atomic E-state index is -0.296. The van der Waals surface area contributed by atoms with Crippen molar-refractivity contribution in [3.05, 3.63) is 87.0 Å². The van der Waals surface area contributed by atoms with Crippen LogP contribution in [0.1, 0.15) is 5.56 Å². The third-order valence-electron chi connectivity index (χ3n) is 3.97. The van der Waals surface area contributed by atoms with Gasteiger partial charge in [-0.2, -0.15) is 0 Å². The van der Waals surface area contributed by atoms with Crippen molar-refractivity contribution in [1.29, 1.82) is 0 Å². The summed E-state index contributed by atoms with van der Waals surface area (Å²) in [7, 11) is 0. The van der Waals surface area contributed by atoms with Crippen molar-refractivity contribution < 1.29 is 4.39 Å². The topological polar surface area (TPSA) is 34.9 Å². The molecule has 25 heavy (non-hydrogen) atoms. The van der Waals surface area contributed by atoms with Gasteiger partial charge < -0.3 is 0 Å². The number of hydrogen-bond donors (Lipinski definition) is 0. The summed E-state index contributed by atoms with van der Waals surface area (Å²) in [4.78, 5) is 17.2. The molecule has 2 heterocycles. The number of hydrogen-bond acceptors (Lipinski definition) is 3. The predicted molar refractivity (Wildman–Crippen MR) is 99.8 cm³/mol. The van der Waals surface area contributed by atoms with E-state index in [0.29, 0.717) is 21.8 Å². The number of rotatable bonds is 3. The Bertz CT molecular complexity index is 1100. The normalized spacial score (nSPS) is 11.1. The van der Waals surface area contributed by atoms with Crippen molar-refractivity contribution in [2.45, 2.75) is 6.54 Å². The fourth-order valence-electron chi connectivity index (χ4n) is 2.68. The van der Waals surface area contributed by atoms with Gasteiger partial charge in [-0.25, -0.2) is 9.37 Å². The van der Waals surface area contributed by atoms with E-state index < -0.39 is 0 Å². The Morgan fingerprint density at radius 2 is 1.80 bits per heavy atom. The second-order valence-electron chi connectivity index (χ2n) is 5.64. The number of benzene rings is 2. The number of nitrogens with zero attached hydrogens (tertiary/aromatic N) is 2. The highest BCUT2D eigenvalue weighted by atomic mass is 35.5. The Hall–Kier alpha value is -2.50. The molecule has 4 aromatic rings. The van der Waals surface area contributed by atoms with Crippen LogP contribution in [-0.4, -0.2) is 9.55 Å². The SMILES string of the molecule is O=c1c2scc(-c3ccc(Cl)cc3)c2ncn1Cc1ccc(F)cc1. The molecule has 2 aromatic carbocycles. The molecule has 124 valence electrons. The average Bonchev–Trinajstić information content (AvgIpc) is 3.05. The number of fused-ring (bicyclic) bond motifs is 1. The standard InChI is InChI=1S/C19H12ClFN2OS/c20-14-5-3-13(4-6-14)16-10-25-18-17(16)22-11-23(19(18)24)9-12-1-7-15(21)8-2-12/h1-8,10-11H,9H2. The lowest BCUT2D eigenvalue weighted by Gasteiger charge is -2.06. The Morgan fingerprint density at radius 3 is 2.52 bits per heavy atom. The zero-order chi connectivity index (χ0) is 17.4. The van der Waals surface area contributed by atoms with Crippen molar-refractivity contribution >= 4 is 33.2 Å². The van der Waals surface area contributed by atoms with E-state index in [1.807, 2.05) is 29.6 Å². The first kappa shape index (κ1) is 16.0. The van der Waals surface area contributed by atoms with E-state index in [1.165, 1.54) is 28.0 Å². The molecule has 0 spiro atoms. The summed E-state index contributed by atoms with van der Waals surface area (Å²) in [5, 5.41) is 2.60. The van der Waals surface area contributed by atoms with E-state index in [4.69, 9.17) is 11.6 Å². The largest absolute Gasteiger partial charge is 0.294 e. The Balaban J connectivity index is 1.75. The van der Waals surface area contributed by atoms with Crippen molar-refractivity contribution in [2.75, 3.05) is 0 Å². The van der Waals surface area contributed by atoms with Gasteiger partial charge in [-0.15, -0.1) is 11.3 Å². The highest BCUT2D eigenvalue weighted by molar-refractivity contribution is 7.17. The van der Waals surface area contributed by atoms with Gasteiger partial charge in [-0.05, 0) is 35.4 Å². The number of halogens is 2. The molecular weight excluding hydrogens is 359 g/mol. The van der Waals surface area contributed by atoms with Gasteiger partial charge in [0.2, 0.25) is 0 Å². The molecule has 0 atom stereocenters. The summed E-state index contributed by atoms with van der Waals surface area (Å²) < 4.78 is 15.2. The molecule has 0 fully saturated rings. The third kappa shape index (κ3) is 3.08. The van der Waals surface area contributed by atoms with Crippen LogP contribution in [-0.2, 0) is 6.54 Å². The second-order valence-corrected chi connectivity index (χ2v) is 6.95. The quantitative estimate of drug-likeness (QED) is 0.510. The molecule has 6 heteroatoms. The first-order valence-corrected chi connectivity index (χ1v) is 8.84. The fraction of sp³-hybridized carbons (Fsp3) is 0.0526. The van der Waals surface area contributed by atoms with E-state index in [2.05, 4.69) is 4.98 Å². The summed E-state index contributed by atoms with van der Waals surface area (Å²) in [5.74, 6) is -0.296. The molecule has 0 saturated heterocycles. The van der Waals surface area contributed by atoms with Gasteiger partial charge in [0.1, 0.15) is 10.5 Å². The molecule has 0 bridgehead atoms. The fourth-order valence-corrected chi connectivity index (χ4v) is 3.78. The lowest BCUT2D eigenvalue weighted by Crippen LogP contribution is -2.20. The molecule has 0 aliphatic heterocycles. The van der Waals surface area contributed by atoms with Crippen LogP contribution in [0.25, 0.3) is 21.3 Å². The first-order valence-electron chi connectivity index (χ1n) is 7.59. The van der Waals surface area contributed by atoms with Gasteiger partial charge >= 0.3 is 0 Å². The minimum Gasteiger partial charge on any atom is -0.294 e. The van der Waals surface area contributed by atoms with E-state index >= 15 is 0 Å². The van der Waals surface area contributed by atoms with Crippen LogP contribution in [0.15, 0.2) is 65.0 Å². The molecule has 0 aliphatic rings. The number of thiophene rings is 1. The predicted octanol–water partition coefficient (Wildman–Crippen LogP) is 4.97. The maximum atomic E-state index is 13.0. The van der Waals surface area contributed by atoms with E-state index in [9.17, 15) is 9.18 Å². The lowest BCUT2D eigenvalue weighted by atomic mass is 10.1. The summed E-state index contributed by atoms with van der Waals surface area (Å²) in [6.45, 7) is 0.357. The summed E-state index contributed by atoms with van der Waals surface area (Å²) in [6.07, 6.45) is 1.54. The van der Waals surface area contributed by atoms with Gasteiger partial charge in [0.05, 0.1) is 18.4 Å². The molecule has 0 aliphatic carbocycles. The molecule has 0 unspecified atom stereocenters. The summed E-state index contributed by atoms with van der Waals surface area (Å²) >= 11 is 7.31. The zero-order valence-corrected chi connectivity index (χ0v) is 14.5. The van der Waals surface area contributed by atoms with Crippen LogP contribution in [0.4, 0.5) is 4.39 Å². The molecule has 0 saturated carbocycles. The first-order chi connectivity index (χ1) is 12.1. The van der Waals surface area contributed by atoms with Crippen LogP contribution in [0, 0.1) is 5.82 Å². The summed E-state index contributed by atoms with van der Waals surface area (Å²) in [6, 6.07) is 13.6. The van der Waals surface area contributed by atoms with E-state index in [0.717, 1.165) is 16.7 Å². The molecule has 4 rings (SSSR count). The van der Waals surface area contributed by atoms with Crippen molar-refractivity contribution in [2.24, 2.45) is 0 Å². The van der Waals surface area contributed by atoms with Gasteiger partial charge in [0.25, 0.3) is 5.56 Å². The Morgan fingerprint density at radius 1 is 1.08 bits per heavy atom. The molecule has 0 amide bonds. The smallest absolute Gasteiger partial charge is 0.271 e. The maximum Gasteiger partial charge on any atom is 0.271 e. The molecule has 2 aromatic heterocycles. The van der Waals surface area contributed by atoms with Crippen LogP contribution < -0.4 is 5.56 Å². The zero-order valence-electron chi connectivity index (χ0n) is 12.9.